The summed E-state index contributed by atoms with van der Waals surface area (Å²) in [4.78, 5) is 21.5. The number of carbonyl (C=O) groups excluding carboxylic acids is 1. The van der Waals surface area contributed by atoms with Crippen molar-refractivity contribution in [3.05, 3.63) is 10.1 Å². The minimum Gasteiger partial charge on any atom is -0.346 e. The van der Waals surface area contributed by atoms with E-state index in [2.05, 4.69) is 5.32 Å². The van der Waals surface area contributed by atoms with Gasteiger partial charge in [0.15, 0.2) is 0 Å². The minimum absolute atomic E-state index is 0.0613. The van der Waals surface area contributed by atoms with E-state index >= 15 is 0 Å². The van der Waals surface area contributed by atoms with E-state index in [0.29, 0.717) is 18.8 Å². The molecule has 2 atom stereocenters. The van der Waals surface area contributed by atoms with E-state index in [1.54, 1.807) is 0 Å². The lowest BCUT2D eigenvalue weighted by molar-refractivity contribution is -0.529. The quantitative estimate of drug-likeness (QED) is 0.544. The Kier molecular flexibility index (Phi) is 3.43. The van der Waals surface area contributed by atoms with E-state index in [4.69, 9.17) is 0 Å². The number of amides is 1. The molecule has 1 rings (SSSR count). The Labute approximate surface area is 83.0 Å². The van der Waals surface area contributed by atoms with Gasteiger partial charge in [0.2, 0.25) is 11.9 Å². The average Bonchev–Trinajstić information content (AvgIpc) is 2.01. The van der Waals surface area contributed by atoms with Gasteiger partial charge in [0.25, 0.3) is 0 Å². The Bertz CT molecular complexity index is 240. The molecule has 0 unspecified atom stereocenters. The molecule has 14 heavy (non-hydrogen) atoms. The average molecular weight is 200 g/mol. The Balaban J connectivity index is 2.63. The van der Waals surface area contributed by atoms with Crippen molar-refractivity contribution in [3.8, 4) is 0 Å². The Morgan fingerprint density at radius 3 is 2.79 bits per heavy atom. The van der Waals surface area contributed by atoms with Crippen LogP contribution in [0.2, 0.25) is 0 Å². The molecule has 1 heterocycles. The van der Waals surface area contributed by atoms with Gasteiger partial charge in [-0.2, -0.15) is 0 Å². The van der Waals surface area contributed by atoms with Crippen molar-refractivity contribution in [2.45, 2.75) is 45.2 Å². The SMILES string of the molecule is CC(C)C[C@H]1NC(=O)CC[C@@H]1[N+](=O)[O-]. The summed E-state index contributed by atoms with van der Waals surface area (Å²) in [5.41, 5.74) is 0. The highest BCUT2D eigenvalue weighted by Gasteiger charge is 2.36. The molecule has 80 valence electrons. The lowest BCUT2D eigenvalue weighted by Crippen LogP contribution is -2.51. The Hall–Kier alpha value is -1.13. The van der Waals surface area contributed by atoms with Gasteiger partial charge in [-0.05, 0) is 12.3 Å². The molecule has 1 aliphatic rings. The molecule has 1 fully saturated rings. The van der Waals surface area contributed by atoms with E-state index in [1.807, 2.05) is 13.8 Å². The molecule has 0 saturated carbocycles. The van der Waals surface area contributed by atoms with Crippen LogP contribution in [0.1, 0.15) is 33.1 Å². The number of rotatable bonds is 3. The summed E-state index contributed by atoms with van der Waals surface area (Å²) in [6, 6.07) is -0.888. The lowest BCUT2D eigenvalue weighted by Gasteiger charge is -2.27. The molecule has 5 nitrogen and oxygen atoms in total. The summed E-state index contributed by atoms with van der Waals surface area (Å²) < 4.78 is 0. The van der Waals surface area contributed by atoms with Crippen LogP contribution in [0.3, 0.4) is 0 Å². The molecule has 1 saturated heterocycles. The second kappa shape index (κ2) is 4.39. The number of nitrogens with one attached hydrogen (secondary N) is 1. The number of hydrogen-bond acceptors (Lipinski definition) is 3. The van der Waals surface area contributed by atoms with Crippen LogP contribution in [-0.2, 0) is 4.79 Å². The van der Waals surface area contributed by atoms with Crippen LogP contribution in [0.15, 0.2) is 0 Å². The van der Waals surface area contributed by atoms with E-state index in [1.165, 1.54) is 0 Å². The van der Waals surface area contributed by atoms with Gasteiger partial charge in [0.1, 0.15) is 0 Å². The van der Waals surface area contributed by atoms with Crippen molar-refractivity contribution in [3.63, 3.8) is 0 Å². The van der Waals surface area contributed by atoms with E-state index in [-0.39, 0.29) is 23.3 Å². The zero-order chi connectivity index (χ0) is 10.7. The summed E-state index contributed by atoms with van der Waals surface area (Å²) in [7, 11) is 0. The van der Waals surface area contributed by atoms with Gasteiger partial charge in [-0.1, -0.05) is 13.8 Å². The maximum absolute atomic E-state index is 11.1. The molecular weight excluding hydrogens is 184 g/mol. The zero-order valence-corrected chi connectivity index (χ0v) is 8.53. The van der Waals surface area contributed by atoms with E-state index < -0.39 is 6.04 Å². The van der Waals surface area contributed by atoms with Crippen molar-refractivity contribution >= 4 is 5.91 Å². The van der Waals surface area contributed by atoms with E-state index in [0.717, 1.165) is 0 Å². The second-order valence-corrected chi connectivity index (χ2v) is 4.19. The normalized spacial score (nSPS) is 27.5. The van der Waals surface area contributed by atoms with Crippen molar-refractivity contribution in [1.82, 2.24) is 5.32 Å². The monoisotopic (exact) mass is 200 g/mol. The zero-order valence-electron chi connectivity index (χ0n) is 8.53. The fourth-order valence-electron chi connectivity index (χ4n) is 1.83. The first-order valence-electron chi connectivity index (χ1n) is 4.93. The molecule has 1 amide bonds. The predicted molar refractivity (Wildman–Crippen MR) is 51.4 cm³/mol. The summed E-state index contributed by atoms with van der Waals surface area (Å²) in [5.74, 6) is 0.301. The van der Waals surface area contributed by atoms with E-state index in [9.17, 15) is 14.9 Å². The molecule has 0 aromatic heterocycles. The van der Waals surface area contributed by atoms with Crippen LogP contribution in [0.4, 0.5) is 0 Å². The molecule has 0 bridgehead atoms. The summed E-state index contributed by atoms with van der Waals surface area (Å²) >= 11 is 0. The first kappa shape index (κ1) is 10.9. The maximum Gasteiger partial charge on any atom is 0.233 e. The largest absolute Gasteiger partial charge is 0.346 e. The smallest absolute Gasteiger partial charge is 0.233 e. The Morgan fingerprint density at radius 1 is 1.64 bits per heavy atom. The number of nitro groups is 1. The van der Waals surface area contributed by atoms with Crippen molar-refractivity contribution < 1.29 is 9.72 Å². The first-order valence-corrected chi connectivity index (χ1v) is 4.93. The summed E-state index contributed by atoms with van der Waals surface area (Å²) in [5, 5.41) is 13.4. The topological polar surface area (TPSA) is 72.2 Å². The number of piperidine rings is 1. The van der Waals surface area contributed by atoms with Crippen LogP contribution in [0, 0.1) is 16.0 Å². The standard InChI is InChI=1S/C9H16N2O3/c1-6(2)5-7-8(11(13)14)3-4-9(12)10-7/h6-8H,3-5H2,1-2H3,(H,10,12)/t7-,8+/m1/s1. The van der Waals surface area contributed by atoms with Crippen molar-refractivity contribution in [2.24, 2.45) is 5.92 Å². The third-order valence-corrected chi connectivity index (χ3v) is 2.47. The Morgan fingerprint density at radius 2 is 2.29 bits per heavy atom. The van der Waals surface area contributed by atoms with Gasteiger partial charge in [0, 0.05) is 17.8 Å². The highest BCUT2D eigenvalue weighted by atomic mass is 16.6. The van der Waals surface area contributed by atoms with Crippen LogP contribution in [-0.4, -0.2) is 22.9 Å². The summed E-state index contributed by atoms with van der Waals surface area (Å²) in [6.07, 6.45) is 1.33. The van der Waals surface area contributed by atoms with Gasteiger partial charge in [-0.3, -0.25) is 14.9 Å². The van der Waals surface area contributed by atoms with Crippen LogP contribution in [0.25, 0.3) is 0 Å². The third kappa shape index (κ3) is 2.68. The highest BCUT2D eigenvalue weighted by Crippen LogP contribution is 2.18. The fourth-order valence-corrected chi connectivity index (χ4v) is 1.83. The minimum atomic E-state index is -0.602. The predicted octanol–water partition coefficient (Wildman–Crippen LogP) is 0.956. The van der Waals surface area contributed by atoms with Gasteiger partial charge in [0.05, 0.1) is 6.04 Å². The van der Waals surface area contributed by atoms with Crippen LogP contribution < -0.4 is 5.32 Å². The van der Waals surface area contributed by atoms with Crippen LogP contribution >= 0.6 is 0 Å². The molecule has 1 aliphatic heterocycles. The number of nitrogens with zero attached hydrogens (tertiary/aromatic N) is 1. The van der Waals surface area contributed by atoms with Gasteiger partial charge in [-0.15, -0.1) is 0 Å². The second-order valence-electron chi connectivity index (χ2n) is 4.19. The molecule has 0 radical (unpaired) electrons. The van der Waals surface area contributed by atoms with Gasteiger partial charge in [-0.25, -0.2) is 0 Å². The van der Waals surface area contributed by atoms with Gasteiger partial charge >= 0.3 is 0 Å². The lowest BCUT2D eigenvalue weighted by atomic mass is 9.91. The molecule has 0 aromatic carbocycles. The number of carbonyl (C=O) groups is 1. The first-order chi connectivity index (χ1) is 6.50. The van der Waals surface area contributed by atoms with Gasteiger partial charge < -0.3 is 5.32 Å². The van der Waals surface area contributed by atoms with Crippen molar-refractivity contribution in [1.29, 1.82) is 0 Å². The maximum atomic E-state index is 11.1. The fraction of sp³-hybridized carbons (Fsp3) is 0.889. The highest BCUT2D eigenvalue weighted by molar-refractivity contribution is 5.77. The molecule has 0 spiro atoms. The third-order valence-electron chi connectivity index (χ3n) is 2.47. The molecule has 5 heteroatoms. The molecule has 1 N–H and O–H groups in total. The molecular formula is C9H16N2O3. The van der Waals surface area contributed by atoms with Crippen LogP contribution in [0.5, 0.6) is 0 Å². The summed E-state index contributed by atoms with van der Waals surface area (Å²) in [6.45, 7) is 4.00. The molecule has 0 aromatic rings. The van der Waals surface area contributed by atoms with Crippen molar-refractivity contribution in [2.75, 3.05) is 0 Å². The molecule has 0 aliphatic carbocycles. The number of hydrogen-bond donors (Lipinski definition) is 1.